The third-order valence-electron chi connectivity index (χ3n) is 3.58. The Balaban J connectivity index is 2.00. The first-order valence-corrected chi connectivity index (χ1v) is 7.77. The summed E-state index contributed by atoms with van der Waals surface area (Å²) in [6.07, 6.45) is 4.85. The Morgan fingerprint density at radius 2 is 2.06 bits per heavy atom. The number of rotatable bonds is 3. The Morgan fingerprint density at radius 3 is 2.78 bits per heavy atom. The van der Waals surface area contributed by atoms with Crippen molar-refractivity contribution in [1.29, 1.82) is 0 Å². The molecule has 18 heavy (non-hydrogen) atoms. The highest BCUT2D eigenvalue weighted by atomic mass is 32.2. The standard InChI is InChI=1S/C13H24N4S/c1-13(2,3)10(14)9-18-12-16-15-11-7-5-4-6-8-17(11)12/h10H,4-9,14H2,1-3H3. The number of nitrogens with zero attached hydrogens (tertiary/aromatic N) is 3. The number of nitrogens with two attached hydrogens (primary N) is 1. The summed E-state index contributed by atoms with van der Waals surface area (Å²) in [6, 6.07) is 0.182. The second kappa shape index (κ2) is 5.61. The third-order valence-corrected chi connectivity index (χ3v) is 4.67. The highest BCUT2D eigenvalue weighted by Gasteiger charge is 2.22. The maximum Gasteiger partial charge on any atom is 0.191 e. The van der Waals surface area contributed by atoms with Crippen LogP contribution in [0.4, 0.5) is 0 Å². The molecule has 0 fully saturated rings. The fourth-order valence-electron chi connectivity index (χ4n) is 1.98. The molecule has 1 aromatic rings. The van der Waals surface area contributed by atoms with Crippen LogP contribution in [0.1, 0.15) is 45.9 Å². The van der Waals surface area contributed by atoms with E-state index in [2.05, 4.69) is 35.5 Å². The van der Waals surface area contributed by atoms with E-state index in [-0.39, 0.29) is 11.5 Å². The first kappa shape index (κ1) is 13.9. The average Bonchev–Trinajstić information content (AvgIpc) is 2.53. The summed E-state index contributed by atoms with van der Waals surface area (Å²) in [5.41, 5.74) is 6.34. The van der Waals surface area contributed by atoms with Crippen LogP contribution in [0.25, 0.3) is 0 Å². The van der Waals surface area contributed by atoms with Gasteiger partial charge in [-0.05, 0) is 18.3 Å². The number of hydrogen-bond acceptors (Lipinski definition) is 4. The van der Waals surface area contributed by atoms with E-state index < -0.39 is 0 Å². The molecule has 1 unspecified atom stereocenters. The van der Waals surface area contributed by atoms with Gasteiger partial charge < -0.3 is 10.3 Å². The molecule has 0 amide bonds. The third kappa shape index (κ3) is 3.26. The number of aromatic nitrogens is 3. The zero-order valence-corrected chi connectivity index (χ0v) is 12.5. The molecule has 2 heterocycles. The molecule has 0 saturated carbocycles. The van der Waals surface area contributed by atoms with Gasteiger partial charge in [-0.3, -0.25) is 0 Å². The summed E-state index contributed by atoms with van der Waals surface area (Å²) < 4.78 is 2.28. The van der Waals surface area contributed by atoms with Crippen LogP contribution in [-0.4, -0.2) is 26.6 Å². The highest BCUT2D eigenvalue weighted by Crippen LogP contribution is 2.26. The van der Waals surface area contributed by atoms with Crippen molar-refractivity contribution in [1.82, 2.24) is 14.8 Å². The second-order valence-electron chi connectivity index (χ2n) is 6.14. The van der Waals surface area contributed by atoms with E-state index in [1.165, 1.54) is 19.3 Å². The molecule has 1 aliphatic heterocycles. The molecule has 1 atom stereocenters. The number of thioether (sulfide) groups is 1. The minimum Gasteiger partial charge on any atom is -0.326 e. The van der Waals surface area contributed by atoms with Crippen molar-refractivity contribution < 1.29 is 0 Å². The molecule has 5 heteroatoms. The van der Waals surface area contributed by atoms with Gasteiger partial charge in [-0.2, -0.15) is 0 Å². The van der Waals surface area contributed by atoms with E-state index >= 15 is 0 Å². The zero-order chi connectivity index (χ0) is 13.2. The molecule has 1 aromatic heterocycles. The van der Waals surface area contributed by atoms with E-state index in [4.69, 9.17) is 5.73 Å². The number of hydrogen-bond donors (Lipinski definition) is 1. The minimum absolute atomic E-state index is 0.147. The van der Waals surface area contributed by atoms with Gasteiger partial charge in [-0.1, -0.05) is 39.0 Å². The first-order chi connectivity index (χ1) is 8.48. The fraction of sp³-hybridized carbons (Fsp3) is 0.846. The number of aryl methyl sites for hydroxylation is 1. The van der Waals surface area contributed by atoms with E-state index in [1.54, 1.807) is 11.8 Å². The van der Waals surface area contributed by atoms with Gasteiger partial charge in [0, 0.05) is 24.8 Å². The quantitative estimate of drug-likeness (QED) is 0.856. The smallest absolute Gasteiger partial charge is 0.191 e. The Kier molecular flexibility index (Phi) is 4.33. The van der Waals surface area contributed by atoms with Crippen molar-refractivity contribution in [2.24, 2.45) is 11.1 Å². The van der Waals surface area contributed by atoms with Gasteiger partial charge >= 0.3 is 0 Å². The van der Waals surface area contributed by atoms with Crippen molar-refractivity contribution in [3.8, 4) is 0 Å². The van der Waals surface area contributed by atoms with Gasteiger partial charge in [-0.25, -0.2) is 0 Å². The Hall–Kier alpha value is -0.550. The van der Waals surface area contributed by atoms with Crippen LogP contribution in [0.15, 0.2) is 5.16 Å². The maximum atomic E-state index is 6.20. The summed E-state index contributed by atoms with van der Waals surface area (Å²) >= 11 is 1.75. The van der Waals surface area contributed by atoms with Crippen molar-refractivity contribution in [3.05, 3.63) is 5.82 Å². The molecule has 102 valence electrons. The molecule has 0 radical (unpaired) electrons. The van der Waals surface area contributed by atoms with Crippen LogP contribution >= 0.6 is 11.8 Å². The van der Waals surface area contributed by atoms with Crippen LogP contribution in [-0.2, 0) is 13.0 Å². The monoisotopic (exact) mass is 268 g/mol. The first-order valence-electron chi connectivity index (χ1n) is 6.79. The largest absolute Gasteiger partial charge is 0.326 e. The fourth-order valence-corrected chi connectivity index (χ4v) is 3.26. The van der Waals surface area contributed by atoms with E-state index in [0.717, 1.165) is 29.7 Å². The van der Waals surface area contributed by atoms with Crippen molar-refractivity contribution in [2.75, 3.05) is 5.75 Å². The molecule has 2 rings (SSSR count). The van der Waals surface area contributed by atoms with Gasteiger partial charge in [0.1, 0.15) is 5.82 Å². The molecule has 0 aromatic carbocycles. The van der Waals surface area contributed by atoms with E-state index in [9.17, 15) is 0 Å². The molecule has 4 nitrogen and oxygen atoms in total. The van der Waals surface area contributed by atoms with Gasteiger partial charge in [0.05, 0.1) is 0 Å². The molecular formula is C13H24N4S. The van der Waals surface area contributed by atoms with Crippen LogP contribution in [0.5, 0.6) is 0 Å². The van der Waals surface area contributed by atoms with Crippen LogP contribution in [0.2, 0.25) is 0 Å². The lowest BCUT2D eigenvalue weighted by molar-refractivity contribution is 0.344. The number of fused-ring (bicyclic) bond motifs is 1. The van der Waals surface area contributed by atoms with E-state index in [0.29, 0.717) is 0 Å². The van der Waals surface area contributed by atoms with E-state index in [1.807, 2.05) is 0 Å². The summed E-state index contributed by atoms with van der Waals surface area (Å²) in [7, 11) is 0. The molecular weight excluding hydrogens is 244 g/mol. The Bertz CT molecular complexity index is 394. The summed E-state index contributed by atoms with van der Waals surface area (Å²) in [5.74, 6) is 2.06. The average molecular weight is 268 g/mol. The lowest BCUT2D eigenvalue weighted by atomic mass is 9.89. The molecule has 2 N–H and O–H groups in total. The SMILES string of the molecule is CC(C)(C)C(N)CSc1nnc2n1CCCCC2. The lowest BCUT2D eigenvalue weighted by Gasteiger charge is -2.26. The maximum absolute atomic E-state index is 6.20. The van der Waals surface area contributed by atoms with Crippen LogP contribution in [0, 0.1) is 5.41 Å². The predicted molar refractivity (Wildman–Crippen MR) is 75.7 cm³/mol. The predicted octanol–water partition coefficient (Wildman–Crippen LogP) is 2.47. The van der Waals surface area contributed by atoms with Gasteiger partial charge in [-0.15, -0.1) is 10.2 Å². The summed E-state index contributed by atoms with van der Waals surface area (Å²) in [6.45, 7) is 7.61. The molecule has 0 saturated heterocycles. The molecule has 0 bridgehead atoms. The molecule has 0 spiro atoms. The zero-order valence-electron chi connectivity index (χ0n) is 11.6. The van der Waals surface area contributed by atoms with Crippen molar-refractivity contribution in [3.63, 3.8) is 0 Å². The molecule has 0 aliphatic carbocycles. The van der Waals surface area contributed by atoms with Gasteiger partial charge in [0.25, 0.3) is 0 Å². The Morgan fingerprint density at radius 1 is 1.28 bits per heavy atom. The second-order valence-corrected chi connectivity index (χ2v) is 7.13. The minimum atomic E-state index is 0.147. The normalized spacial score (nSPS) is 18.2. The molecule has 1 aliphatic rings. The van der Waals surface area contributed by atoms with Crippen molar-refractivity contribution in [2.45, 2.75) is 64.2 Å². The Labute approximate surface area is 114 Å². The van der Waals surface area contributed by atoms with Crippen molar-refractivity contribution >= 4 is 11.8 Å². The van der Waals surface area contributed by atoms with Crippen LogP contribution in [0.3, 0.4) is 0 Å². The topological polar surface area (TPSA) is 56.7 Å². The summed E-state index contributed by atoms with van der Waals surface area (Å²) in [4.78, 5) is 0. The highest BCUT2D eigenvalue weighted by molar-refractivity contribution is 7.99. The summed E-state index contributed by atoms with van der Waals surface area (Å²) in [5, 5.41) is 9.67. The van der Waals surface area contributed by atoms with Crippen LogP contribution < -0.4 is 5.73 Å². The van der Waals surface area contributed by atoms with Gasteiger partial charge in [0.2, 0.25) is 0 Å². The van der Waals surface area contributed by atoms with Gasteiger partial charge in [0.15, 0.2) is 5.16 Å². The lowest BCUT2D eigenvalue weighted by Crippen LogP contribution is -2.37.